The molecule has 2 heterocycles. The molecule has 3 nitrogen and oxygen atoms in total. The minimum absolute atomic E-state index is 0.167. The molecule has 1 N–H and O–H groups in total. The van der Waals surface area contributed by atoms with Gasteiger partial charge >= 0.3 is 0 Å². The van der Waals surface area contributed by atoms with E-state index in [9.17, 15) is 4.79 Å². The zero-order chi connectivity index (χ0) is 10.8. The van der Waals surface area contributed by atoms with Gasteiger partial charge in [0, 0.05) is 21.9 Å². The second-order valence-electron chi connectivity index (χ2n) is 3.16. The lowest BCUT2D eigenvalue weighted by atomic mass is 10.3. The Morgan fingerprint density at radius 1 is 1.53 bits per heavy atom. The summed E-state index contributed by atoms with van der Waals surface area (Å²) in [6, 6.07) is 3.40. The van der Waals surface area contributed by atoms with Gasteiger partial charge in [0.2, 0.25) is 0 Å². The Labute approximate surface area is 95.8 Å². The molecule has 0 aliphatic carbocycles. The molecule has 0 atom stereocenters. The smallest absolute Gasteiger partial charge is 0.251 e. The van der Waals surface area contributed by atoms with Gasteiger partial charge in [-0.25, -0.2) is 4.98 Å². The van der Waals surface area contributed by atoms with Crippen molar-refractivity contribution in [3.8, 4) is 11.4 Å². The number of H-pyrrole nitrogens is 1. The van der Waals surface area contributed by atoms with Crippen molar-refractivity contribution in [1.82, 2.24) is 9.97 Å². The van der Waals surface area contributed by atoms with E-state index in [4.69, 9.17) is 11.6 Å². The first-order chi connectivity index (χ1) is 7.19. The number of nitrogens with one attached hydrogen (secondary N) is 1. The molecule has 0 bridgehead atoms. The normalized spacial score (nSPS) is 10.5. The number of aryl methyl sites for hydroxylation is 1. The molecule has 2 rings (SSSR count). The number of rotatable bonds is 2. The van der Waals surface area contributed by atoms with Crippen LogP contribution in [0, 0.1) is 6.92 Å². The van der Waals surface area contributed by atoms with Crippen molar-refractivity contribution in [2.75, 3.05) is 0 Å². The summed E-state index contributed by atoms with van der Waals surface area (Å²) in [6.07, 6.45) is 0. The molecule has 0 amide bonds. The minimum atomic E-state index is -0.167. The van der Waals surface area contributed by atoms with E-state index in [1.807, 2.05) is 18.4 Å². The van der Waals surface area contributed by atoms with Gasteiger partial charge < -0.3 is 4.98 Å². The summed E-state index contributed by atoms with van der Waals surface area (Å²) < 4.78 is 0. The Balaban J connectivity index is 2.53. The van der Waals surface area contributed by atoms with Gasteiger partial charge in [-0.15, -0.1) is 22.9 Å². The first-order valence-electron chi connectivity index (χ1n) is 4.41. The summed E-state index contributed by atoms with van der Waals surface area (Å²) in [5.74, 6) is 0.836. The van der Waals surface area contributed by atoms with E-state index >= 15 is 0 Å². The zero-order valence-corrected chi connectivity index (χ0v) is 9.65. The maximum absolute atomic E-state index is 11.3. The highest BCUT2D eigenvalue weighted by molar-refractivity contribution is 7.10. The highest BCUT2D eigenvalue weighted by Crippen LogP contribution is 2.21. The van der Waals surface area contributed by atoms with Crippen LogP contribution in [0.2, 0.25) is 0 Å². The standard InChI is InChI=1S/C10H9ClN2OS/c1-6-2-7(5-15-6)10-12-8(4-11)3-9(14)13-10/h2-3,5H,4H2,1H3,(H,12,13,14). The second-order valence-corrected chi connectivity index (χ2v) is 4.55. The number of aromatic amines is 1. The molecule has 2 aromatic heterocycles. The molecule has 0 aromatic carbocycles. The molecular weight excluding hydrogens is 232 g/mol. The van der Waals surface area contributed by atoms with E-state index in [-0.39, 0.29) is 11.4 Å². The Morgan fingerprint density at radius 2 is 2.33 bits per heavy atom. The van der Waals surface area contributed by atoms with Gasteiger partial charge in [-0.2, -0.15) is 0 Å². The fourth-order valence-corrected chi connectivity index (χ4v) is 2.11. The van der Waals surface area contributed by atoms with Crippen molar-refractivity contribution in [3.05, 3.63) is 38.4 Å². The highest BCUT2D eigenvalue weighted by Gasteiger charge is 2.04. The monoisotopic (exact) mass is 240 g/mol. The molecular formula is C10H9ClN2OS. The Morgan fingerprint density at radius 3 is 2.93 bits per heavy atom. The number of hydrogen-bond donors (Lipinski definition) is 1. The number of hydrogen-bond acceptors (Lipinski definition) is 3. The van der Waals surface area contributed by atoms with Crippen LogP contribution in [0.1, 0.15) is 10.6 Å². The third kappa shape index (κ3) is 2.27. The molecule has 0 aliphatic rings. The Hall–Kier alpha value is -1.13. The first kappa shape index (κ1) is 10.4. The third-order valence-electron chi connectivity index (χ3n) is 1.94. The van der Waals surface area contributed by atoms with Crippen LogP contribution in [0.25, 0.3) is 11.4 Å². The molecule has 0 spiro atoms. The number of aromatic nitrogens is 2. The Kier molecular flexibility index (Phi) is 2.88. The molecule has 0 radical (unpaired) electrons. The highest BCUT2D eigenvalue weighted by atomic mass is 35.5. The maximum Gasteiger partial charge on any atom is 0.251 e. The largest absolute Gasteiger partial charge is 0.306 e. The van der Waals surface area contributed by atoms with Crippen LogP contribution < -0.4 is 5.56 Å². The van der Waals surface area contributed by atoms with Crippen LogP contribution in [0.5, 0.6) is 0 Å². The van der Waals surface area contributed by atoms with Gasteiger partial charge in [-0.05, 0) is 13.0 Å². The van der Waals surface area contributed by atoms with Crippen molar-refractivity contribution in [1.29, 1.82) is 0 Å². The number of nitrogens with zero attached hydrogens (tertiary/aromatic N) is 1. The predicted octanol–water partition coefficient (Wildman–Crippen LogP) is 2.55. The van der Waals surface area contributed by atoms with Crippen molar-refractivity contribution >= 4 is 22.9 Å². The fourth-order valence-electron chi connectivity index (χ4n) is 1.28. The SMILES string of the molecule is Cc1cc(-c2nc(CCl)cc(=O)[nH]2)cs1. The molecule has 0 unspecified atom stereocenters. The third-order valence-corrected chi connectivity index (χ3v) is 3.07. The van der Waals surface area contributed by atoms with Crippen LogP contribution in [-0.4, -0.2) is 9.97 Å². The molecule has 78 valence electrons. The lowest BCUT2D eigenvalue weighted by molar-refractivity contribution is 1.06. The van der Waals surface area contributed by atoms with Crippen LogP contribution >= 0.6 is 22.9 Å². The maximum atomic E-state index is 11.3. The quantitative estimate of drug-likeness (QED) is 0.820. The van der Waals surface area contributed by atoms with E-state index < -0.39 is 0 Å². The van der Waals surface area contributed by atoms with E-state index in [0.717, 1.165) is 5.56 Å². The molecule has 0 aliphatic heterocycles. The predicted molar refractivity (Wildman–Crippen MR) is 62.5 cm³/mol. The van der Waals surface area contributed by atoms with E-state index in [1.165, 1.54) is 10.9 Å². The summed E-state index contributed by atoms with van der Waals surface area (Å²) >= 11 is 7.27. The number of alkyl halides is 1. The van der Waals surface area contributed by atoms with Gasteiger partial charge in [0.25, 0.3) is 5.56 Å². The van der Waals surface area contributed by atoms with Crippen molar-refractivity contribution in [3.63, 3.8) is 0 Å². The summed E-state index contributed by atoms with van der Waals surface area (Å²) in [6.45, 7) is 2.01. The van der Waals surface area contributed by atoms with Gasteiger partial charge in [-0.3, -0.25) is 4.79 Å². The van der Waals surface area contributed by atoms with Crippen LogP contribution in [-0.2, 0) is 5.88 Å². The fraction of sp³-hybridized carbons (Fsp3) is 0.200. The van der Waals surface area contributed by atoms with Gasteiger partial charge in [0.05, 0.1) is 11.6 Å². The van der Waals surface area contributed by atoms with Crippen LogP contribution in [0.4, 0.5) is 0 Å². The van der Waals surface area contributed by atoms with Crippen LogP contribution in [0.15, 0.2) is 22.3 Å². The van der Waals surface area contributed by atoms with E-state index in [2.05, 4.69) is 9.97 Å². The van der Waals surface area contributed by atoms with Gasteiger partial charge in [-0.1, -0.05) is 0 Å². The number of halogens is 1. The Bertz CT molecular complexity index is 532. The first-order valence-corrected chi connectivity index (χ1v) is 5.82. The van der Waals surface area contributed by atoms with E-state index in [1.54, 1.807) is 11.3 Å². The second kappa shape index (κ2) is 4.16. The lowest BCUT2D eigenvalue weighted by Gasteiger charge is -1.99. The van der Waals surface area contributed by atoms with Crippen LogP contribution in [0.3, 0.4) is 0 Å². The van der Waals surface area contributed by atoms with Crippen molar-refractivity contribution in [2.45, 2.75) is 12.8 Å². The molecule has 2 aromatic rings. The molecule has 0 saturated carbocycles. The summed E-state index contributed by atoms with van der Waals surface area (Å²) in [5, 5.41) is 1.96. The molecule has 15 heavy (non-hydrogen) atoms. The lowest BCUT2D eigenvalue weighted by Crippen LogP contribution is -2.09. The average Bonchev–Trinajstić information content (AvgIpc) is 2.64. The van der Waals surface area contributed by atoms with Gasteiger partial charge in [0.15, 0.2) is 0 Å². The van der Waals surface area contributed by atoms with E-state index in [0.29, 0.717) is 11.5 Å². The summed E-state index contributed by atoms with van der Waals surface area (Å²) in [4.78, 5) is 19.4. The minimum Gasteiger partial charge on any atom is -0.306 e. The summed E-state index contributed by atoms with van der Waals surface area (Å²) in [5.41, 5.74) is 1.36. The van der Waals surface area contributed by atoms with Crippen molar-refractivity contribution < 1.29 is 0 Å². The van der Waals surface area contributed by atoms with Gasteiger partial charge in [0.1, 0.15) is 5.82 Å². The zero-order valence-electron chi connectivity index (χ0n) is 8.08. The molecule has 0 fully saturated rings. The topological polar surface area (TPSA) is 45.8 Å². The molecule has 0 saturated heterocycles. The average molecular weight is 241 g/mol. The number of thiophene rings is 1. The van der Waals surface area contributed by atoms with Crippen molar-refractivity contribution in [2.24, 2.45) is 0 Å². The summed E-state index contributed by atoms with van der Waals surface area (Å²) in [7, 11) is 0. The molecule has 5 heteroatoms.